The molecule has 2 fully saturated rings. The fourth-order valence-corrected chi connectivity index (χ4v) is 6.89. The van der Waals surface area contributed by atoms with Gasteiger partial charge in [-0.05, 0) is 31.4 Å². The second-order valence-corrected chi connectivity index (χ2v) is 12.6. The maximum atomic E-state index is 13.4. The summed E-state index contributed by atoms with van der Waals surface area (Å²) in [7, 11) is -3.17. The Hall–Kier alpha value is -3.43. The van der Waals surface area contributed by atoms with Gasteiger partial charge in [0.15, 0.2) is 31.7 Å². The van der Waals surface area contributed by atoms with Gasteiger partial charge < -0.3 is 44.0 Å². The number of carbonyl (C=O) groups excluding carboxylic acids is 1. The molecule has 1 saturated heterocycles. The number of aromatic amines is 1. The lowest BCUT2D eigenvalue weighted by Gasteiger charge is -2.26. The minimum absolute atomic E-state index is 0.0512. The molecule has 1 aliphatic heterocycles. The molecule has 0 radical (unpaired) electrons. The van der Waals surface area contributed by atoms with Gasteiger partial charge in [-0.3, -0.25) is 19.7 Å². The SMILES string of the molecule is C=C1[C@@H](C(O)[PH](=O)NC(COC2COC(Cc3ccccc3)O2)C(=O)OC(C)C)[C@@H](O)C[C@@H]1n1cnc2c(=O)[nH]c(N)nc21. The Morgan fingerprint density at radius 2 is 2.09 bits per heavy atom. The van der Waals surface area contributed by atoms with Crippen LogP contribution in [0.5, 0.6) is 0 Å². The van der Waals surface area contributed by atoms with Crippen molar-refractivity contribution in [3.05, 3.63) is 64.7 Å². The molecule has 2 aliphatic rings. The molecule has 15 nitrogen and oxygen atoms in total. The molecule has 5 rings (SSSR count). The van der Waals surface area contributed by atoms with E-state index in [9.17, 15) is 24.4 Å². The van der Waals surface area contributed by atoms with E-state index in [1.165, 1.54) is 10.9 Å². The summed E-state index contributed by atoms with van der Waals surface area (Å²) in [6, 6.07) is 7.83. The lowest BCUT2D eigenvalue weighted by Crippen LogP contribution is -2.42. The molecule has 0 bridgehead atoms. The normalized spacial score (nSPS) is 25.8. The second kappa shape index (κ2) is 13.7. The van der Waals surface area contributed by atoms with Gasteiger partial charge in [0, 0.05) is 12.3 Å². The van der Waals surface area contributed by atoms with Crippen LogP contribution in [0.3, 0.4) is 0 Å². The zero-order chi connectivity index (χ0) is 31.5. The fraction of sp³-hybridized carbons (Fsp3) is 0.500. The average molecular weight is 633 g/mol. The van der Waals surface area contributed by atoms with Crippen LogP contribution in [0.15, 0.2) is 53.6 Å². The van der Waals surface area contributed by atoms with Crippen LogP contribution in [0.4, 0.5) is 5.95 Å². The van der Waals surface area contributed by atoms with E-state index in [1.807, 2.05) is 30.3 Å². The molecule has 6 N–H and O–H groups in total. The minimum atomic E-state index is -3.17. The number of H-pyrrole nitrogens is 1. The van der Waals surface area contributed by atoms with Crippen LogP contribution in [0, 0.1) is 5.92 Å². The van der Waals surface area contributed by atoms with Crippen molar-refractivity contribution in [3.63, 3.8) is 0 Å². The molecule has 3 heterocycles. The van der Waals surface area contributed by atoms with Gasteiger partial charge in [0.25, 0.3) is 5.56 Å². The van der Waals surface area contributed by atoms with Crippen molar-refractivity contribution in [1.82, 2.24) is 24.6 Å². The summed E-state index contributed by atoms with van der Waals surface area (Å²) in [5.74, 6) is -3.46. The Kier molecular flexibility index (Phi) is 9.95. The summed E-state index contributed by atoms with van der Waals surface area (Å²) in [6.07, 6.45) is -0.932. The number of rotatable bonds is 12. The number of nitrogens with two attached hydrogens (primary N) is 1. The number of imidazole rings is 1. The predicted octanol–water partition coefficient (Wildman–Crippen LogP) is 0.841. The largest absolute Gasteiger partial charge is 0.462 e. The van der Waals surface area contributed by atoms with Crippen molar-refractivity contribution < 1.29 is 38.5 Å². The third-order valence-corrected chi connectivity index (χ3v) is 9.03. The van der Waals surface area contributed by atoms with Crippen LogP contribution >= 0.6 is 7.95 Å². The smallest absolute Gasteiger partial charge is 0.326 e. The third-order valence-electron chi connectivity index (χ3n) is 7.50. The number of aliphatic hydroxyl groups is 2. The summed E-state index contributed by atoms with van der Waals surface area (Å²) >= 11 is 0. The van der Waals surface area contributed by atoms with Gasteiger partial charge in [0.05, 0.1) is 31.2 Å². The van der Waals surface area contributed by atoms with Gasteiger partial charge in [0.1, 0.15) is 18.5 Å². The number of nitrogens with one attached hydrogen (secondary N) is 2. The fourth-order valence-electron chi connectivity index (χ4n) is 5.41. The third kappa shape index (κ3) is 7.10. The standard InChI is InChI=1S/C28H37N6O9P/c1-14(2)42-26(37)17(11-40-21-12-41-20(43-21)9-16-7-5-4-6-8-16)33-44(39)27(38)22-15(3)18(10-19(22)35)34-13-30-23-24(34)31-28(29)32-25(23)36/h4-8,13-14,17-22,27,35,38,44H,3,9-12H2,1-2H3,(H,33,39)(H3,29,31,32,36)/t17?,18-,19-,20?,21?,22+,27?/m0/s1. The molecule has 3 aromatic rings. The first kappa shape index (κ1) is 32.0. The first-order valence-electron chi connectivity index (χ1n) is 14.2. The number of carbonyl (C=O) groups is 1. The molecule has 44 heavy (non-hydrogen) atoms. The number of benzene rings is 1. The molecule has 8 atom stereocenters. The Bertz CT molecular complexity index is 1560. The number of ether oxygens (including phenoxy) is 4. The number of aliphatic hydroxyl groups excluding tert-OH is 2. The predicted molar refractivity (Wildman–Crippen MR) is 159 cm³/mol. The number of esters is 1. The number of nitrogen functional groups attached to an aromatic ring is 1. The quantitative estimate of drug-likeness (QED) is 0.107. The van der Waals surface area contributed by atoms with E-state index < -0.39 is 68.1 Å². The van der Waals surface area contributed by atoms with E-state index in [0.29, 0.717) is 12.0 Å². The minimum Gasteiger partial charge on any atom is -0.462 e. The highest BCUT2D eigenvalue weighted by molar-refractivity contribution is 7.43. The van der Waals surface area contributed by atoms with Crippen LogP contribution in [0.2, 0.25) is 0 Å². The molecule has 5 unspecified atom stereocenters. The highest BCUT2D eigenvalue weighted by Gasteiger charge is 2.44. The Morgan fingerprint density at radius 3 is 2.82 bits per heavy atom. The molecule has 1 aromatic carbocycles. The average Bonchev–Trinajstić information content (AvgIpc) is 3.67. The number of fused-ring (bicyclic) bond motifs is 1. The van der Waals surface area contributed by atoms with Crippen LogP contribution in [0.25, 0.3) is 11.2 Å². The Balaban J connectivity index is 1.23. The number of nitrogens with zero attached hydrogens (tertiary/aromatic N) is 3. The van der Waals surface area contributed by atoms with Crippen molar-refractivity contribution >= 4 is 31.0 Å². The zero-order valence-corrected chi connectivity index (χ0v) is 25.3. The summed E-state index contributed by atoms with van der Waals surface area (Å²) in [6.45, 7) is 7.24. The summed E-state index contributed by atoms with van der Waals surface area (Å²) in [5, 5.41) is 24.7. The van der Waals surface area contributed by atoms with Crippen molar-refractivity contribution in [2.45, 2.75) is 69.4 Å². The summed E-state index contributed by atoms with van der Waals surface area (Å²) < 4.78 is 37.5. The maximum Gasteiger partial charge on any atom is 0.326 e. The van der Waals surface area contributed by atoms with Crippen LogP contribution in [-0.2, 0) is 34.7 Å². The van der Waals surface area contributed by atoms with E-state index in [0.717, 1.165) is 5.56 Å². The van der Waals surface area contributed by atoms with Gasteiger partial charge in [0.2, 0.25) is 5.95 Å². The molecule has 238 valence electrons. The van der Waals surface area contributed by atoms with E-state index in [1.54, 1.807) is 13.8 Å². The van der Waals surface area contributed by atoms with Crippen molar-refractivity contribution in [2.24, 2.45) is 5.92 Å². The topological polar surface area (TPSA) is 213 Å². The number of anilines is 1. The first-order chi connectivity index (χ1) is 21.0. The van der Waals surface area contributed by atoms with E-state index in [-0.39, 0.29) is 36.7 Å². The highest BCUT2D eigenvalue weighted by atomic mass is 31.1. The molecule has 16 heteroatoms. The van der Waals surface area contributed by atoms with Gasteiger partial charge in [-0.25, -0.2) is 4.98 Å². The van der Waals surface area contributed by atoms with Crippen LogP contribution in [0.1, 0.15) is 31.9 Å². The lowest BCUT2D eigenvalue weighted by atomic mass is 10.0. The van der Waals surface area contributed by atoms with E-state index >= 15 is 0 Å². The molecule has 1 aliphatic carbocycles. The zero-order valence-electron chi connectivity index (χ0n) is 24.3. The van der Waals surface area contributed by atoms with Gasteiger partial charge >= 0.3 is 5.97 Å². The van der Waals surface area contributed by atoms with Gasteiger partial charge in [-0.2, -0.15) is 4.98 Å². The lowest BCUT2D eigenvalue weighted by molar-refractivity contribution is -0.161. The van der Waals surface area contributed by atoms with Crippen LogP contribution in [-0.4, -0.2) is 85.6 Å². The summed E-state index contributed by atoms with van der Waals surface area (Å²) in [4.78, 5) is 35.7. The highest BCUT2D eigenvalue weighted by Crippen LogP contribution is 2.46. The summed E-state index contributed by atoms with van der Waals surface area (Å²) in [5.41, 5.74) is 6.79. The molecular weight excluding hydrogens is 595 g/mol. The molecular formula is C28H37N6O9P. The second-order valence-electron chi connectivity index (χ2n) is 11.0. The van der Waals surface area contributed by atoms with Crippen molar-refractivity contribution in [2.75, 3.05) is 18.9 Å². The van der Waals surface area contributed by atoms with Crippen molar-refractivity contribution in [3.8, 4) is 0 Å². The monoisotopic (exact) mass is 632 g/mol. The number of hydrogen-bond donors (Lipinski definition) is 5. The van der Waals surface area contributed by atoms with Gasteiger partial charge in [-0.15, -0.1) is 0 Å². The Labute approximate surface area is 253 Å². The number of aromatic nitrogens is 4. The van der Waals surface area contributed by atoms with Gasteiger partial charge in [-0.1, -0.05) is 36.9 Å². The number of hydrogen-bond acceptors (Lipinski definition) is 12. The maximum absolute atomic E-state index is 13.4. The Morgan fingerprint density at radius 1 is 1.34 bits per heavy atom. The molecule has 1 saturated carbocycles. The first-order valence-corrected chi connectivity index (χ1v) is 15.7. The molecule has 2 aromatic heterocycles. The molecule has 0 amide bonds. The van der Waals surface area contributed by atoms with Crippen LogP contribution < -0.4 is 16.4 Å². The van der Waals surface area contributed by atoms with E-state index in [4.69, 9.17) is 24.7 Å². The van der Waals surface area contributed by atoms with Crippen molar-refractivity contribution in [1.29, 1.82) is 0 Å². The molecule has 0 spiro atoms. The van der Waals surface area contributed by atoms with E-state index in [2.05, 4.69) is 26.6 Å².